The molecule has 0 bridgehead atoms. The summed E-state index contributed by atoms with van der Waals surface area (Å²) in [6.45, 7) is 3.39. The van der Waals surface area contributed by atoms with E-state index in [0.717, 1.165) is 17.5 Å². The van der Waals surface area contributed by atoms with Crippen molar-refractivity contribution in [3.05, 3.63) is 87.4 Å². The van der Waals surface area contributed by atoms with Crippen molar-refractivity contribution in [2.24, 2.45) is 5.92 Å². The second kappa shape index (κ2) is 13.5. The minimum absolute atomic E-state index is 0.00563. The normalized spacial score (nSPS) is 20.9. The van der Waals surface area contributed by atoms with E-state index in [1.165, 1.54) is 0 Å². The molecule has 1 unspecified atom stereocenters. The predicted molar refractivity (Wildman–Crippen MR) is 168 cm³/mol. The van der Waals surface area contributed by atoms with E-state index in [1.54, 1.807) is 23.1 Å². The van der Waals surface area contributed by atoms with Gasteiger partial charge in [0.25, 0.3) is 0 Å². The summed E-state index contributed by atoms with van der Waals surface area (Å²) in [4.78, 5) is 55.8. The molecule has 1 fully saturated rings. The second-order valence-electron chi connectivity index (χ2n) is 11.5. The zero-order valence-corrected chi connectivity index (χ0v) is 25.6. The maximum atomic E-state index is 14.1. The van der Waals surface area contributed by atoms with Gasteiger partial charge in [-0.3, -0.25) is 19.2 Å². The number of fused-ring (bicyclic) bond motifs is 1. The average molecular weight is 624 g/mol. The SMILES string of the molecule is CC1C=CC(C(=O)CCC(=O)N2Cc3ccccc3C[C@H]2C(=O)NC2(C(=O)Nc3cccc(Cl)c3Cl)CCNCC2)=CC1. The quantitative estimate of drug-likeness (QED) is 0.384. The van der Waals surface area contributed by atoms with Crippen LogP contribution >= 0.6 is 23.2 Å². The molecule has 0 aromatic heterocycles. The maximum absolute atomic E-state index is 14.1. The molecule has 3 N–H and O–H groups in total. The van der Waals surface area contributed by atoms with Gasteiger partial charge in [-0.05, 0) is 61.5 Å². The number of amides is 3. The molecule has 5 rings (SSSR count). The summed E-state index contributed by atoms with van der Waals surface area (Å²) in [5.41, 5.74) is 1.71. The van der Waals surface area contributed by atoms with Gasteiger partial charge in [0.15, 0.2) is 5.78 Å². The zero-order valence-electron chi connectivity index (χ0n) is 24.1. The molecule has 43 heavy (non-hydrogen) atoms. The van der Waals surface area contributed by atoms with E-state index in [0.29, 0.717) is 54.6 Å². The molecule has 2 atom stereocenters. The number of hydrogen-bond acceptors (Lipinski definition) is 5. The Kier molecular flexibility index (Phi) is 9.69. The Balaban J connectivity index is 1.35. The van der Waals surface area contributed by atoms with Gasteiger partial charge >= 0.3 is 0 Å². The molecular formula is C33H36Cl2N4O4. The zero-order chi connectivity index (χ0) is 30.6. The van der Waals surface area contributed by atoms with Crippen molar-refractivity contribution in [2.75, 3.05) is 18.4 Å². The topological polar surface area (TPSA) is 108 Å². The van der Waals surface area contributed by atoms with Crippen LogP contribution in [0.25, 0.3) is 0 Å². The van der Waals surface area contributed by atoms with Crippen molar-refractivity contribution in [2.45, 2.75) is 63.6 Å². The largest absolute Gasteiger partial charge is 0.340 e. The Morgan fingerprint density at radius 2 is 1.74 bits per heavy atom. The Bertz CT molecular complexity index is 1480. The number of Topliss-reactive ketones (excluding diaryl/α,β-unsaturated/α-hetero) is 1. The van der Waals surface area contributed by atoms with Gasteiger partial charge < -0.3 is 20.9 Å². The lowest BCUT2D eigenvalue weighted by Gasteiger charge is -2.41. The van der Waals surface area contributed by atoms with Gasteiger partial charge in [-0.25, -0.2) is 0 Å². The Morgan fingerprint density at radius 3 is 2.47 bits per heavy atom. The lowest BCUT2D eigenvalue weighted by Crippen LogP contribution is -2.65. The molecule has 0 spiro atoms. The molecule has 2 aromatic rings. The molecule has 1 saturated heterocycles. The molecule has 226 valence electrons. The number of ketones is 1. The molecule has 2 aromatic carbocycles. The van der Waals surface area contributed by atoms with E-state index in [1.807, 2.05) is 42.5 Å². The van der Waals surface area contributed by atoms with Gasteiger partial charge in [-0.2, -0.15) is 0 Å². The summed E-state index contributed by atoms with van der Waals surface area (Å²) in [5.74, 6) is -0.769. The Labute approximate surface area is 261 Å². The average Bonchev–Trinajstić information content (AvgIpc) is 3.02. The van der Waals surface area contributed by atoms with E-state index >= 15 is 0 Å². The van der Waals surface area contributed by atoms with Crippen molar-refractivity contribution in [1.29, 1.82) is 0 Å². The molecular weight excluding hydrogens is 587 g/mol. The van der Waals surface area contributed by atoms with Crippen LogP contribution in [0.4, 0.5) is 5.69 Å². The van der Waals surface area contributed by atoms with Crippen LogP contribution in [0.5, 0.6) is 0 Å². The van der Waals surface area contributed by atoms with Crippen LogP contribution in [-0.2, 0) is 32.1 Å². The number of carbonyl (C=O) groups excluding carboxylic acids is 4. The predicted octanol–water partition coefficient (Wildman–Crippen LogP) is 5.00. The molecule has 3 amide bonds. The molecule has 10 heteroatoms. The minimum atomic E-state index is -1.22. The number of allylic oxidation sites excluding steroid dienone is 4. The Hall–Kier alpha value is -3.46. The summed E-state index contributed by atoms with van der Waals surface area (Å²) in [5, 5.41) is 9.68. The number of rotatable bonds is 8. The summed E-state index contributed by atoms with van der Waals surface area (Å²) >= 11 is 12.5. The minimum Gasteiger partial charge on any atom is -0.340 e. The molecule has 2 heterocycles. The molecule has 1 aliphatic carbocycles. The molecule has 2 aliphatic heterocycles. The standard InChI is InChI=1S/C33H36Cl2N4O4/c1-21-9-11-22(12-10-21)28(40)13-14-29(41)39-20-24-6-3-2-5-23(24)19-27(39)31(42)38-33(15-17-36-18-16-33)32(43)37-26-8-4-7-25(34)30(26)35/h2-9,11-12,21,27,36H,10,13-20H2,1H3,(H,37,43)(H,38,42)/t21?,27-/m0/s1. The van der Waals surface area contributed by atoms with Crippen molar-refractivity contribution >= 4 is 52.4 Å². The first kappa shape index (κ1) is 31.0. The number of benzene rings is 2. The highest BCUT2D eigenvalue weighted by atomic mass is 35.5. The van der Waals surface area contributed by atoms with Crippen LogP contribution in [0.3, 0.4) is 0 Å². The van der Waals surface area contributed by atoms with Gasteiger partial charge in [-0.15, -0.1) is 0 Å². The van der Waals surface area contributed by atoms with Gasteiger partial charge in [0.05, 0.1) is 15.7 Å². The highest BCUT2D eigenvalue weighted by Crippen LogP contribution is 2.32. The van der Waals surface area contributed by atoms with Gasteiger partial charge in [-0.1, -0.05) is 78.7 Å². The van der Waals surface area contributed by atoms with Gasteiger partial charge in [0, 0.05) is 31.4 Å². The molecule has 0 saturated carbocycles. The van der Waals surface area contributed by atoms with Gasteiger partial charge in [0.1, 0.15) is 11.6 Å². The van der Waals surface area contributed by atoms with Crippen molar-refractivity contribution in [1.82, 2.24) is 15.5 Å². The first-order valence-corrected chi connectivity index (χ1v) is 15.5. The van der Waals surface area contributed by atoms with Crippen LogP contribution in [-0.4, -0.2) is 53.1 Å². The van der Waals surface area contributed by atoms with Crippen LogP contribution in [0.15, 0.2) is 66.3 Å². The third-order valence-corrected chi connectivity index (χ3v) is 9.35. The smallest absolute Gasteiger partial charge is 0.250 e. The van der Waals surface area contributed by atoms with Crippen LogP contribution < -0.4 is 16.0 Å². The Morgan fingerprint density at radius 1 is 1.00 bits per heavy atom. The summed E-state index contributed by atoms with van der Waals surface area (Å²) < 4.78 is 0. The van der Waals surface area contributed by atoms with E-state index in [9.17, 15) is 19.2 Å². The van der Waals surface area contributed by atoms with Crippen molar-refractivity contribution < 1.29 is 19.2 Å². The fourth-order valence-electron chi connectivity index (χ4n) is 5.89. The van der Waals surface area contributed by atoms with E-state index in [4.69, 9.17) is 23.2 Å². The fourth-order valence-corrected chi connectivity index (χ4v) is 6.23. The van der Waals surface area contributed by atoms with Crippen LogP contribution in [0, 0.1) is 5.92 Å². The van der Waals surface area contributed by atoms with Crippen LogP contribution in [0.2, 0.25) is 10.0 Å². The lowest BCUT2D eigenvalue weighted by atomic mass is 9.85. The van der Waals surface area contributed by atoms with Crippen molar-refractivity contribution in [3.63, 3.8) is 0 Å². The van der Waals surface area contributed by atoms with E-state index in [-0.39, 0.29) is 36.1 Å². The number of piperidine rings is 1. The molecule has 0 radical (unpaired) electrons. The summed E-state index contributed by atoms with van der Waals surface area (Å²) in [6.07, 6.45) is 7.63. The summed E-state index contributed by atoms with van der Waals surface area (Å²) in [7, 11) is 0. The first-order valence-electron chi connectivity index (χ1n) is 14.7. The number of halogens is 2. The number of anilines is 1. The highest BCUT2D eigenvalue weighted by Gasteiger charge is 2.44. The van der Waals surface area contributed by atoms with Crippen LogP contribution in [0.1, 0.15) is 50.2 Å². The number of hydrogen-bond donors (Lipinski definition) is 3. The summed E-state index contributed by atoms with van der Waals surface area (Å²) in [6, 6.07) is 11.9. The number of nitrogens with zero attached hydrogens (tertiary/aromatic N) is 1. The van der Waals surface area contributed by atoms with E-state index < -0.39 is 23.4 Å². The monoisotopic (exact) mass is 622 g/mol. The third kappa shape index (κ3) is 7.03. The van der Waals surface area contributed by atoms with E-state index in [2.05, 4.69) is 22.9 Å². The highest BCUT2D eigenvalue weighted by molar-refractivity contribution is 6.44. The van der Waals surface area contributed by atoms with Gasteiger partial charge in [0.2, 0.25) is 17.7 Å². The number of carbonyl (C=O) groups is 4. The maximum Gasteiger partial charge on any atom is 0.250 e. The number of nitrogens with one attached hydrogen (secondary N) is 3. The fraction of sp³-hybridized carbons (Fsp3) is 0.394. The molecule has 3 aliphatic rings. The third-order valence-electron chi connectivity index (χ3n) is 8.53. The lowest BCUT2D eigenvalue weighted by molar-refractivity contribution is -0.144. The molecule has 8 nitrogen and oxygen atoms in total. The van der Waals surface area contributed by atoms with Crippen molar-refractivity contribution in [3.8, 4) is 0 Å². The first-order chi connectivity index (χ1) is 20.7. The second-order valence-corrected chi connectivity index (χ2v) is 12.3.